The smallest absolute Gasteiger partial charge is 0.372 e. The molecule has 0 aliphatic heterocycles. The average molecular weight is 883 g/mol. The lowest BCUT2D eigenvalue weighted by Crippen LogP contribution is -2.44. The maximum Gasteiger partial charge on any atom is 0.397 e. The van der Waals surface area contributed by atoms with Crippen molar-refractivity contribution in [2.75, 3.05) is 67.5 Å². The fourth-order valence-electron chi connectivity index (χ4n) is 4.39. The number of nitrogens with zero attached hydrogens (tertiary/aromatic N) is 4. The zero-order chi connectivity index (χ0) is 48.4. The highest BCUT2D eigenvalue weighted by molar-refractivity contribution is 7.80. The molecule has 0 rings (SSSR count). The molecule has 16 heteroatoms. The minimum Gasteiger partial charge on any atom is -0.372 e. The van der Waals surface area contributed by atoms with Crippen molar-refractivity contribution < 1.29 is 41.1 Å². The van der Waals surface area contributed by atoms with Crippen molar-refractivity contribution in [1.82, 2.24) is 30.2 Å². The summed E-state index contributed by atoms with van der Waals surface area (Å²) in [6.07, 6.45) is 7.62. The zero-order valence-electron chi connectivity index (χ0n) is 41.7. The van der Waals surface area contributed by atoms with Crippen molar-refractivity contribution in [1.29, 1.82) is 0 Å². The van der Waals surface area contributed by atoms with Gasteiger partial charge in [0, 0.05) is 58.3 Å². The minimum absolute atomic E-state index is 0.0851. The fraction of sp³-hybridized carbons (Fsp3) is 0.841. The molecular formula is C44H94N6O9S. The summed E-state index contributed by atoms with van der Waals surface area (Å²) in [7, 11) is 3.76. The number of carbonyl (C=O) groups is 5. The molecule has 60 heavy (non-hydrogen) atoms. The number of hydrogen-bond donors (Lipinski definition) is 3. The van der Waals surface area contributed by atoms with E-state index in [9.17, 15) is 32.4 Å². The van der Waals surface area contributed by atoms with E-state index in [1.807, 2.05) is 88.5 Å². The van der Waals surface area contributed by atoms with Crippen molar-refractivity contribution in [2.24, 2.45) is 11.8 Å². The van der Waals surface area contributed by atoms with Crippen LogP contribution in [0.4, 0.5) is 4.79 Å². The molecule has 4 amide bonds. The van der Waals surface area contributed by atoms with Gasteiger partial charge in [0.25, 0.3) is 0 Å². The van der Waals surface area contributed by atoms with Crippen molar-refractivity contribution in [3.63, 3.8) is 0 Å². The number of hydrogen-bond acceptors (Lipinski definition) is 11. The van der Waals surface area contributed by atoms with Crippen LogP contribution in [0.3, 0.4) is 0 Å². The molecule has 0 saturated carbocycles. The molecule has 0 fully saturated rings. The number of nitrogens with one attached hydrogen (secondary N) is 2. The third-order valence-electron chi connectivity index (χ3n) is 8.06. The molecule has 0 saturated heterocycles. The number of urea groups is 1. The number of imide groups is 1. The quantitative estimate of drug-likeness (QED) is 0.0661. The predicted molar refractivity (Wildman–Crippen MR) is 250 cm³/mol. The zero-order valence-corrected chi connectivity index (χ0v) is 42.5. The van der Waals surface area contributed by atoms with E-state index in [4.69, 9.17) is 4.55 Å². The summed E-state index contributed by atoms with van der Waals surface area (Å²) in [4.78, 5) is 61.9. The molecule has 3 N–H and O–H groups in total. The van der Waals surface area contributed by atoms with Crippen LogP contribution in [0.2, 0.25) is 0 Å². The molecule has 0 aliphatic rings. The molecule has 0 heterocycles. The van der Waals surface area contributed by atoms with Gasteiger partial charge in [-0.25, -0.2) is 8.98 Å². The number of Topliss-reactive ketones (excluding diaryl/α,β-unsaturated/α-hetero) is 2. The van der Waals surface area contributed by atoms with E-state index < -0.39 is 16.5 Å². The Bertz CT molecular complexity index is 1190. The van der Waals surface area contributed by atoms with Gasteiger partial charge in [0.2, 0.25) is 11.8 Å². The van der Waals surface area contributed by atoms with E-state index in [2.05, 4.69) is 47.1 Å². The van der Waals surface area contributed by atoms with Gasteiger partial charge in [0.1, 0.15) is 17.4 Å². The summed E-state index contributed by atoms with van der Waals surface area (Å²) in [5, 5.41) is 5.84. The lowest BCUT2D eigenvalue weighted by atomic mass is 10.1. The van der Waals surface area contributed by atoms with Crippen molar-refractivity contribution >= 4 is 39.8 Å². The first-order valence-electron chi connectivity index (χ1n) is 22.0. The van der Waals surface area contributed by atoms with Crippen LogP contribution in [-0.4, -0.2) is 136 Å². The highest BCUT2D eigenvalue weighted by atomic mass is 32.3. The van der Waals surface area contributed by atoms with Crippen molar-refractivity contribution in [3.05, 3.63) is 12.4 Å². The molecule has 0 radical (unpaired) electrons. The van der Waals surface area contributed by atoms with Gasteiger partial charge in [-0.05, 0) is 93.1 Å². The second-order valence-corrected chi connectivity index (χ2v) is 16.2. The Morgan fingerprint density at radius 1 is 0.683 bits per heavy atom. The molecule has 1 atom stereocenters. The highest BCUT2D eigenvalue weighted by Gasteiger charge is 2.19. The third kappa shape index (κ3) is 53.1. The molecule has 0 spiro atoms. The summed E-state index contributed by atoms with van der Waals surface area (Å²) in [6.45, 7) is 35.2. The first-order valence-corrected chi connectivity index (χ1v) is 23.4. The number of carbonyl (C=O) groups excluding carboxylic acids is 5. The van der Waals surface area contributed by atoms with E-state index in [0.717, 1.165) is 38.4 Å². The van der Waals surface area contributed by atoms with Crippen LogP contribution < -0.4 is 10.6 Å². The molecular weight excluding hydrogens is 789 g/mol. The summed E-state index contributed by atoms with van der Waals surface area (Å²) >= 11 is 0. The van der Waals surface area contributed by atoms with E-state index >= 15 is 0 Å². The molecule has 0 aromatic heterocycles. The van der Waals surface area contributed by atoms with Gasteiger partial charge < -0.3 is 25.2 Å². The van der Waals surface area contributed by atoms with Crippen molar-refractivity contribution in [2.45, 2.75) is 167 Å². The largest absolute Gasteiger partial charge is 0.397 e. The average Bonchev–Trinajstić information content (AvgIpc) is 3.17. The van der Waals surface area contributed by atoms with Gasteiger partial charge in [-0.15, -0.1) is 0 Å². The Hall–Kier alpha value is -2.92. The number of rotatable bonds is 23. The third-order valence-corrected chi connectivity index (χ3v) is 8.55. The van der Waals surface area contributed by atoms with Crippen LogP contribution in [-0.2, 0) is 33.8 Å². The molecule has 0 aromatic rings. The van der Waals surface area contributed by atoms with Gasteiger partial charge in [0.15, 0.2) is 0 Å². The van der Waals surface area contributed by atoms with Crippen LogP contribution in [0.25, 0.3) is 0 Å². The first-order chi connectivity index (χ1) is 27.8. The van der Waals surface area contributed by atoms with Gasteiger partial charge in [-0.2, -0.15) is 8.42 Å². The number of amides is 4. The molecule has 0 bridgehead atoms. The number of ketones is 2. The lowest BCUT2D eigenvalue weighted by Gasteiger charge is -2.23. The van der Waals surface area contributed by atoms with Crippen LogP contribution in [0.5, 0.6) is 0 Å². The van der Waals surface area contributed by atoms with Crippen molar-refractivity contribution in [3.8, 4) is 0 Å². The van der Waals surface area contributed by atoms with Crippen LogP contribution in [0.1, 0.15) is 161 Å². The highest BCUT2D eigenvalue weighted by Crippen LogP contribution is 2.12. The molecule has 15 nitrogen and oxygen atoms in total. The van der Waals surface area contributed by atoms with Crippen LogP contribution in [0, 0.1) is 11.8 Å². The maximum atomic E-state index is 11.6. The molecule has 360 valence electrons. The van der Waals surface area contributed by atoms with Crippen LogP contribution >= 0.6 is 0 Å². The summed E-state index contributed by atoms with van der Waals surface area (Å²) in [6, 6.07) is -0.284. The Labute approximate surface area is 369 Å². The van der Waals surface area contributed by atoms with E-state index in [-0.39, 0.29) is 29.5 Å². The normalized spacial score (nSPS) is 10.8. The monoisotopic (exact) mass is 883 g/mol. The Balaban J connectivity index is -0.000000154. The summed E-state index contributed by atoms with van der Waals surface area (Å²) < 4.78 is 33.2. The van der Waals surface area contributed by atoms with Gasteiger partial charge in [-0.1, -0.05) is 95.6 Å². The van der Waals surface area contributed by atoms with Gasteiger partial charge in [-0.3, -0.25) is 28.7 Å². The van der Waals surface area contributed by atoms with Gasteiger partial charge >= 0.3 is 16.4 Å². The lowest BCUT2D eigenvalue weighted by molar-refractivity contribution is -0.129. The second kappa shape index (κ2) is 45.6. The standard InChI is InChI=1S/C12H25N3O.C11H23N3O2.C6H14O4S.C6H14.C5H10O.C4H8O/c1-6-12(16)15(7-2)11(3)13-9-8-10-14(4)5;1-5-10(15)14(11(16)12-6-2)9-7-8-13(3)4;1-4-6(5(2)3)10-11(7,8)9;1-4-5-6(2)3;1-3-5(6)4-2;1-3-4(2)5/h13H,3,6-10H2,1-2,4-5H3;5-9H2,1-4H3,(H,12,16);5-6H,4H2,1-3H3,(H,7,8,9);6H,4-5H2,1-3H3;3-4H2,1-2H3;3H2,1-2H3/t;;6-;;;/m..1.../s1. The molecule has 0 aromatic carbocycles. The van der Waals surface area contributed by atoms with E-state index in [1.54, 1.807) is 25.7 Å². The summed E-state index contributed by atoms with van der Waals surface area (Å²) in [5.41, 5.74) is 0. The van der Waals surface area contributed by atoms with E-state index in [0.29, 0.717) is 69.8 Å². The van der Waals surface area contributed by atoms with Gasteiger partial charge in [0.05, 0.1) is 6.10 Å². The predicted octanol–water partition coefficient (Wildman–Crippen LogP) is 8.21. The minimum atomic E-state index is -4.28. The topological polar surface area (TPSA) is 186 Å². The van der Waals surface area contributed by atoms with Crippen LogP contribution in [0.15, 0.2) is 12.4 Å². The Morgan fingerprint density at radius 3 is 1.38 bits per heavy atom. The Kier molecular flexibility index (Phi) is 52.3. The second-order valence-electron chi connectivity index (χ2n) is 15.1. The first kappa shape index (κ1) is 68.8. The maximum absolute atomic E-state index is 11.6. The fourth-order valence-corrected chi connectivity index (χ4v) is 5.06. The molecule has 0 aliphatic carbocycles. The summed E-state index contributed by atoms with van der Waals surface area (Å²) in [5.74, 6) is 2.29. The SMILES string of the molecule is C=C(NCCCN(C)C)N(CC)C(=O)CC.CCC(=O)CC.CCC(C)=O.CCCC(C)C.CCNC(=O)N(CCCN(C)C)C(=O)CC.CC[C@@H](OS(=O)(=O)O)C(C)C. The molecule has 0 unspecified atom stereocenters. The van der Waals surface area contributed by atoms with E-state index in [1.165, 1.54) is 17.7 Å². The Morgan fingerprint density at radius 2 is 1.13 bits per heavy atom.